The minimum Gasteiger partial charge on any atom is -0.465 e. The smallest absolute Gasteiger partial charge is 0.435 e. The first-order valence-electron chi connectivity index (χ1n) is 35.1. The number of azo groups is 2. The Hall–Kier alpha value is -9.82. The van der Waals surface area contributed by atoms with Crippen LogP contribution in [-0.2, 0) is 44.7 Å². The van der Waals surface area contributed by atoms with Gasteiger partial charge in [-0.2, -0.15) is 44.0 Å². The molecule has 24 nitrogen and oxygen atoms in total. The Labute approximate surface area is 608 Å². The predicted octanol–water partition coefficient (Wildman–Crippen LogP) is 16.5. The van der Waals surface area contributed by atoms with Crippen molar-refractivity contribution in [2.24, 2.45) is 34.6 Å². The Morgan fingerprint density at radius 3 is 1.46 bits per heavy atom. The van der Waals surface area contributed by atoms with E-state index in [9.17, 15) is 28.8 Å². The minimum absolute atomic E-state index is 0.143. The van der Waals surface area contributed by atoms with Gasteiger partial charge in [-0.25, -0.2) is 9.59 Å². The predicted molar refractivity (Wildman–Crippen MR) is 407 cm³/mol. The maximum atomic E-state index is 12.7. The number of nitrogen functional groups attached to an aromatic ring is 1. The number of amides is 5. The van der Waals surface area contributed by atoms with Crippen LogP contribution < -0.4 is 26.5 Å². The lowest BCUT2D eigenvalue weighted by Crippen LogP contribution is -2.35. The number of nitrogens with zero attached hydrogens (tertiary/aromatic N) is 11. The zero-order chi connectivity index (χ0) is 72.9. The number of nitrogens with two attached hydrogens (primary N) is 1. The van der Waals surface area contributed by atoms with Crippen molar-refractivity contribution >= 4 is 105 Å². The first-order valence-corrected chi connectivity index (χ1v) is 37.4. The van der Waals surface area contributed by atoms with Gasteiger partial charge in [-0.3, -0.25) is 24.0 Å². The van der Waals surface area contributed by atoms with Crippen molar-refractivity contribution in [1.29, 1.82) is 0 Å². The lowest BCUT2D eigenvalue weighted by Gasteiger charge is -2.17. The summed E-state index contributed by atoms with van der Waals surface area (Å²) in [5.74, 6) is 2.44. The maximum absolute atomic E-state index is 12.7. The van der Waals surface area contributed by atoms with Crippen molar-refractivity contribution in [2.45, 2.75) is 128 Å². The SMILES string of the molecule is CCCCCCN(C)C(=O)Nc1cc(C(=O)NCCCCCC(=O)OCCSCc2ccc(N=Nc3ccccc3)cc2)n(C)c1.CCCCCCN(C)C(=O)On1nnc2ccccc21.Cn1cc(N)cc1C(=O)NCCCCCC(=O)OCCSCc1ccc(N=Nc2ccccc2)cc1. The van der Waals surface area contributed by atoms with Gasteiger partial charge in [0.1, 0.15) is 35.6 Å². The number of aromatic nitrogens is 5. The number of fused-ring (bicyclic) bond motifs is 1. The number of para-hydroxylation sites is 1. The van der Waals surface area contributed by atoms with Crippen LogP contribution in [0.15, 0.2) is 178 Å². The molecule has 0 aliphatic rings. The number of thioether (sulfide) groups is 2. The van der Waals surface area contributed by atoms with Crippen LogP contribution in [0.3, 0.4) is 0 Å². The molecule has 0 spiro atoms. The Bertz CT molecular complexity index is 3830. The molecule has 0 aliphatic carbocycles. The maximum Gasteiger partial charge on any atom is 0.435 e. The third kappa shape index (κ3) is 31.8. The number of hydrogen-bond donors (Lipinski definition) is 4. The highest BCUT2D eigenvalue weighted by Crippen LogP contribution is 2.23. The van der Waals surface area contributed by atoms with E-state index < -0.39 is 6.09 Å². The summed E-state index contributed by atoms with van der Waals surface area (Å²) in [6.07, 6.45) is 17.4. The molecule has 102 heavy (non-hydrogen) atoms. The van der Waals surface area contributed by atoms with Crippen LogP contribution in [0.1, 0.15) is 149 Å². The fourth-order valence-electron chi connectivity index (χ4n) is 9.91. The van der Waals surface area contributed by atoms with E-state index in [0.717, 1.165) is 110 Å². The summed E-state index contributed by atoms with van der Waals surface area (Å²) in [7, 11) is 7.07. The van der Waals surface area contributed by atoms with Gasteiger partial charge < -0.3 is 50.1 Å². The summed E-state index contributed by atoms with van der Waals surface area (Å²) in [4.78, 5) is 82.7. The molecule has 8 rings (SSSR count). The Morgan fingerprint density at radius 1 is 0.520 bits per heavy atom. The third-order valence-corrected chi connectivity index (χ3v) is 17.7. The second kappa shape index (κ2) is 47.3. The van der Waals surface area contributed by atoms with Gasteiger partial charge in [0, 0.05) is 103 Å². The molecule has 26 heteroatoms. The topological polar surface area (TPSA) is 289 Å². The number of carbonyl (C=O) groups excluding carboxylic acids is 6. The van der Waals surface area contributed by atoms with Gasteiger partial charge in [-0.05, 0) is 128 Å². The summed E-state index contributed by atoms with van der Waals surface area (Å²) in [6.45, 7) is 7.57. The lowest BCUT2D eigenvalue weighted by molar-refractivity contribution is -0.144. The monoisotopic (exact) mass is 1430 g/mol. The number of anilines is 2. The van der Waals surface area contributed by atoms with Gasteiger partial charge in [-0.1, -0.05) is 143 Å². The molecule has 3 aromatic heterocycles. The number of carbonyl (C=O) groups is 6. The van der Waals surface area contributed by atoms with Crippen molar-refractivity contribution in [3.63, 3.8) is 0 Å². The van der Waals surface area contributed by atoms with E-state index in [2.05, 4.69) is 60.6 Å². The quantitative estimate of drug-likeness (QED) is 0.0120. The summed E-state index contributed by atoms with van der Waals surface area (Å²) >= 11 is 3.44. The van der Waals surface area contributed by atoms with Gasteiger partial charge in [0.15, 0.2) is 0 Å². The average Bonchev–Trinajstić information content (AvgIpc) is 1.69. The minimum atomic E-state index is -0.419. The first-order chi connectivity index (χ1) is 49.6. The van der Waals surface area contributed by atoms with Crippen LogP contribution >= 0.6 is 23.5 Å². The molecule has 0 unspecified atom stereocenters. The molecule has 0 aliphatic heterocycles. The molecule has 5 N–H and O–H groups in total. The molecule has 5 aromatic carbocycles. The molecule has 8 aromatic rings. The van der Waals surface area contributed by atoms with Crippen LogP contribution in [0.25, 0.3) is 11.0 Å². The number of rotatable bonds is 40. The number of ether oxygens (including phenoxy) is 2. The molecule has 546 valence electrons. The number of aryl methyl sites for hydroxylation is 2. The standard InChI is InChI=1S/C35H48N6O4S.C27H33N5O3S.C14H20N4O2/c1-4-5-6-13-22-40(2)35(44)37-31-25-32(41(3)26-31)34(43)36-21-12-8-11-16-33(42)45-23-24-46-27-28-17-19-30(20-18-28)39-38-29-14-9-7-10-15-29;1-32-19-22(28)18-25(32)27(34)29-15-7-3-6-10-26(33)35-16-17-36-20-21-11-13-24(14-12-21)31-30-23-8-4-2-5-9-23;1-3-4-5-8-11-17(2)14(19)20-18-13-10-7-6-9-12(13)15-16-18/h7,9-10,14-15,17-20,25-26H,4-6,8,11-13,16,21-24,27H2,1-3H3,(H,36,43)(H,37,44);2,4-5,8-9,11-14,18-19H,3,6-7,10,15-17,20,28H2,1H3,(H,29,34);6-7,9-10H,3-5,8,11H2,1-2H3. The van der Waals surface area contributed by atoms with Crippen LogP contribution in [-0.4, -0.2) is 135 Å². The molecular weight excluding hydrogens is 1330 g/mol. The normalized spacial score (nSPS) is 11.0. The van der Waals surface area contributed by atoms with Crippen LogP contribution in [0, 0.1) is 0 Å². The summed E-state index contributed by atoms with van der Waals surface area (Å²) in [5, 5.41) is 33.4. The highest BCUT2D eigenvalue weighted by Gasteiger charge is 2.17. The summed E-state index contributed by atoms with van der Waals surface area (Å²) in [6, 6.07) is 45.7. The number of benzene rings is 5. The van der Waals surface area contributed by atoms with Crippen molar-refractivity contribution in [2.75, 3.05) is 76.0 Å². The Balaban J connectivity index is 0.000000258. The highest BCUT2D eigenvalue weighted by atomic mass is 32.2. The van der Waals surface area contributed by atoms with E-state index in [-0.39, 0.29) is 29.8 Å². The van der Waals surface area contributed by atoms with E-state index in [1.165, 1.54) is 35.2 Å². The zero-order valence-electron chi connectivity index (χ0n) is 59.9. The Morgan fingerprint density at radius 2 is 0.971 bits per heavy atom. The molecular formula is C76H101N15O9S2. The average molecular weight is 1430 g/mol. The molecule has 0 atom stereocenters. The number of urea groups is 1. The molecule has 0 saturated carbocycles. The molecule has 0 radical (unpaired) electrons. The second-order valence-electron chi connectivity index (χ2n) is 24.3. The molecule has 0 fully saturated rings. The number of hydrogen-bond acceptors (Lipinski definition) is 18. The van der Waals surface area contributed by atoms with Crippen molar-refractivity contribution in [3.05, 3.63) is 181 Å². The second-order valence-corrected chi connectivity index (χ2v) is 26.5. The highest BCUT2D eigenvalue weighted by molar-refractivity contribution is 7.98. The van der Waals surface area contributed by atoms with Gasteiger partial charge in [0.25, 0.3) is 11.8 Å². The van der Waals surface area contributed by atoms with E-state index in [1.807, 2.05) is 133 Å². The lowest BCUT2D eigenvalue weighted by atomic mass is 10.2. The number of unbranched alkanes of at least 4 members (excludes halogenated alkanes) is 10. The van der Waals surface area contributed by atoms with E-state index in [4.69, 9.17) is 20.0 Å². The molecule has 0 saturated heterocycles. The van der Waals surface area contributed by atoms with Crippen LogP contribution in [0.4, 0.5) is 43.7 Å². The van der Waals surface area contributed by atoms with Crippen LogP contribution in [0.2, 0.25) is 0 Å². The fraction of sp³-hybridized carbons (Fsp3) is 0.421. The van der Waals surface area contributed by atoms with Crippen molar-refractivity contribution in [1.82, 2.24) is 44.7 Å². The van der Waals surface area contributed by atoms with Gasteiger partial charge >= 0.3 is 24.1 Å². The van der Waals surface area contributed by atoms with E-state index >= 15 is 0 Å². The fourth-order valence-corrected chi connectivity index (χ4v) is 11.5. The summed E-state index contributed by atoms with van der Waals surface area (Å²) < 4.78 is 14.1. The molecule has 5 amide bonds. The molecule has 3 heterocycles. The molecule has 0 bridgehead atoms. The van der Waals surface area contributed by atoms with Crippen molar-refractivity contribution in [3.8, 4) is 0 Å². The zero-order valence-corrected chi connectivity index (χ0v) is 61.5. The number of esters is 2. The van der Waals surface area contributed by atoms with Crippen molar-refractivity contribution < 1.29 is 43.1 Å². The number of nitrogens with one attached hydrogen (secondary N) is 3. The Kier molecular flexibility index (Phi) is 37.6. The van der Waals surface area contributed by atoms with E-state index in [0.29, 0.717) is 92.5 Å². The van der Waals surface area contributed by atoms with Gasteiger partial charge in [-0.15, -0.1) is 5.10 Å². The van der Waals surface area contributed by atoms with Gasteiger partial charge in [0.2, 0.25) is 0 Å². The van der Waals surface area contributed by atoms with E-state index in [1.54, 1.807) is 95.2 Å². The summed E-state index contributed by atoms with van der Waals surface area (Å²) in [5.41, 5.74) is 14.9. The third-order valence-electron chi connectivity index (χ3n) is 15.7. The largest absolute Gasteiger partial charge is 0.465 e. The van der Waals surface area contributed by atoms with Crippen LogP contribution in [0.5, 0.6) is 0 Å². The first kappa shape index (κ1) is 81.1. The van der Waals surface area contributed by atoms with Gasteiger partial charge in [0.05, 0.1) is 34.1 Å².